The standard InChI is InChI=1S/C22H26N4O5S/c1-32(28,29)15-18-13-20(26-8-11-30-12-9-26)25-22(24-18)16-4-6-17(7-5-16)23-21(27)14-19-3-2-10-31-19/h2-7,10,13,28-29H,8-9,11-12,14-15H2,1H3,(H,23,27). The third-order valence-corrected chi connectivity index (χ3v) is 5.71. The molecule has 3 heterocycles. The van der Waals surface area contributed by atoms with Gasteiger partial charge in [0, 0.05) is 36.7 Å². The van der Waals surface area contributed by atoms with Crippen LogP contribution in [-0.4, -0.2) is 57.5 Å². The SMILES string of the molecule is CS(O)(O)Cc1cc(N2CCOCC2)nc(-c2ccc(NC(=O)Cc3ccco3)cc2)n1. The molecule has 0 bridgehead atoms. The molecule has 0 atom stereocenters. The molecule has 0 saturated carbocycles. The van der Waals surface area contributed by atoms with Crippen LogP contribution in [0.1, 0.15) is 11.5 Å². The number of aromatic nitrogens is 2. The highest BCUT2D eigenvalue weighted by molar-refractivity contribution is 8.23. The predicted octanol–water partition coefficient (Wildman–Crippen LogP) is 3.63. The quantitative estimate of drug-likeness (QED) is 0.491. The molecule has 1 saturated heterocycles. The van der Waals surface area contributed by atoms with Gasteiger partial charge in [-0.2, -0.15) is 10.6 Å². The molecule has 4 rings (SSSR count). The fraction of sp³-hybridized carbons (Fsp3) is 0.318. The number of ether oxygens (including phenoxy) is 1. The Balaban J connectivity index is 1.54. The molecule has 1 aliphatic rings. The van der Waals surface area contributed by atoms with Crippen LogP contribution >= 0.6 is 10.6 Å². The van der Waals surface area contributed by atoms with Crippen LogP contribution in [0.15, 0.2) is 53.1 Å². The molecule has 0 radical (unpaired) electrons. The zero-order valence-electron chi connectivity index (χ0n) is 17.7. The number of carbonyl (C=O) groups excluding carboxylic acids is 1. The number of rotatable bonds is 7. The number of carbonyl (C=O) groups is 1. The molecule has 9 nitrogen and oxygen atoms in total. The Morgan fingerprint density at radius 2 is 1.91 bits per heavy atom. The zero-order chi connectivity index (χ0) is 22.6. The Labute approximate surface area is 187 Å². The first kappa shape index (κ1) is 22.3. The Bertz CT molecular complexity index is 1050. The van der Waals surface area contributed by atoms with E-state index in [1.807, 2.05) is 12.1 Å². The van der Waals surface area contributed by atoms with Crippen LogP contribution in [-0.2, 0) is 21.7 Å². The number of morpholine rings is 1. The Hall–Kier alpha value is -2.92. The van der Waals surface area contributed by atoms with Crippen molar-refractivity contribution in [2.45, 2.75) is 12.2 Å². The molecular formula is C22H26N4O5S. The van der Waals surface area contributed by atoms with Gasteiger partial charge in [-0.05, 0) is 36.4 Å². The third-order valence-electron chi connectivity index (χ3n) is 4.86. The van der Waals surface area contributed by atoms with E-state index in [0.717, 1.165) is 11.4 Å². The summed E-state index contributed by atoms with van der Waals surface area (Å²) in [5.74, 6) is 1.70. The van der Waals surface area contributed by atoms with Crippen LogP contribution in [0.4, 0.5) is 11.5 Å². The summed E-state index contributed by atoms with van der Waals surface area (Å²) >= 11 is 0. The molecule has 3 aromatic rings. The maximum atomic E-state index is 12.2. The van der Waals surface area contributed by atoms with Crippen LogP contribution in [0.25, 0.3) is 11.4 Å². The van der Waals surface area contributed by atoms with Gasteiger partial charge >= 0.3 is 0 Å². The normalized spacial score (nSPS) is 14.9. The minimum atomic E-state index is -2.75. The van der Waals surface area contributed by atoms with Crippen molar-refractivity contribution in [1.29, 1.82) is 0 Å². The van der Waals surface area contributed by atoms with Gasteiger partial charge in [-0.25, -0.2) is 9.97 Å². The number of furan rings is 1. The van der Waals surface area contributed by atoms with E-state index in [1.54, 1.807) is 30.3 Å². The maximum Gasteiger partial charge on any atom is 0.231 e. The van der Waals surface area contributed by atoms with Crippen molar-refractivity contribution < 1.29 is 23.1 Å². The molecule has 1 amide bonds. The molecular weight excluding hydrogens is 432 g/mol. The smallest absolute Gasteiger partial charge is 0.231 e. The van der Waals surface area contributed by atoms with E-state index in [2.05, 4.69) is 15.2 Å². The number of benzene rings is 1. The second-order valence-electron chi connectivity index (χ2n) is 7.66. The second kappa shape index (κ2) is 9.70. The number of hydrogen-bond acceptors (Lipinski definition) is 8. The third kappa shape index (κ3) is 6.07. The van der Waals surface area contributed by atoms with Gasteiger partial charge in [-0.3, -0.25) is 13.9 Å². The van der Waals surface area contributed by atoms with Crippen LogP contribution in [0.3, 0.4) is 0 Å². The summed E-state index contributed by atoms with van der Waals surface area (Å²) < 4.78 is 30.5. The molecule has 0 unspecified atom stereocenters. The molecule has 3 N–H and O–H groups in total. The number of amides is 1. The lowest BCUT2D eigenvalue weighted by Gasteiger charge is -2.30. The van der Waals surface area contributed by atoms with Crippen LogP contribution in [0.2, 0.25) is 0 Å². The van der Waals surface area contributed by atoms with E-state index in [1.165, 1.54) is 12.5 Å². The van der Waals surface area contributed by atoms with Crippen molar-refractivity contribution in [1.82, 2.24) is 9.97 Å². The van der Waals surface area contributed by atoms with E-state index in [-0.39, 0.29) is 18.1 Å². The fourth-order valence-electron chi connectivity index (χ4n) is 3.40. The second-order valence-corrected chi connectivity index (χ2v) is 9.94. The van der Waals surface area contributed by atoms with Crippen molar-refractivity contribution in [3.05, 3.63) is 60.2 Å². The van der Waals surface area contributed by atoms with E-state index in [0.29, 0.717) is 49.3 Å². The fourth-order valence-corrected chi connectivity index (χ4v) is 4.11. The van der Waals surface area contributed by atoms with E-state index in [4.69, 9.17) is 14.1 Å². The van der Waals surface area contributed by atoms with E-state index >= 15 is 0 Å². The lowest BCUT2D eigenvalue weighted by Crippen LogP contribution is -2.37. The zero-order valence-corrected chi connectivity index (χ0v) is 18.5. The number of hydrogen-bond donors (Lipinski definition) is 3. The largest absolute Gasteiger partial charge is 0.469 e. The summed E-state index contributed by atoms with van der Waals surface area (Å²) in [6, 6.07) is 12.5. The number of anilines is 2. The summed E-state index contributed by atoms with van der Waals surface area (Å²) in [5.41, 5.74) is 1.98. The summed E-state index contributed by atoms with van der Waals surface area (Å²) in [7, 11) is -2.75. The average molecular weight is 459 g/mol. The molecule has 1 aromatic carbocycles. The van der Waals surface area contributed by atoms with Crippen LogP contribution in [0.5, 0.6) is 0 Å². The molecule has 2 aromatic heterocycles. The highest BCUT2D eigenvalue weighted by Crippen LogP contribution is 2.38. The van der Waals surface area contributed by atoms with Crippen molar-refractivity contribution >= 4 is 28.0 Å². The molecule has 1 fully saturated rings. The van der Waals surface area contributed by atoms with Gasteiger partial charge in [0.15, 0.2) is 5.82 Å². The molecule has 10 heteroatoms. The average Bonchev–Trinajstić information content (AvgIpc) is 3.26. The summed E-state index contributed by atoms with van der Waals surface area (Å²) in [4.78, 5) is 23.5. The van der Waals surface area contributed by atoms with Gasteiger partial charge in [-0.15, -0.1) is 0 Å². The summed E-state index contributed by atoms with van der Waals surface area (Å²) in [6.45, 7) is 2.64. The summed E-state index contributed by atoms with van der Waals surface area (Å²) in [6.07, 6.45) is 3.10. The van der Waals surface area contributed by atoms with Crippen molar-refractivity contribution in [2.24, 2.45) is 0 Å². The highest BCUT2D eigenvalue weighted by atomic mass is 32.3. The monoisotopic (exact) mass is 458 g/mol. The van der Waals surface area contributed by atoms with E-state index < -0.39 is 10.6 Å². The molecule has 0 aliphatic carbocycles. The van der Waals surface area contributed by atoms with E-state index in [9.17, 15) is 13.9 Å². The lowest BCUT2D eigenvalue weighted by molar-refractivity contribution is -0.115. The first-order valence-electron chi connectivity index (χ1n) is 10.2. The first-order valence-corrected chi connectivity index (χ1v) is 12.3. The van der Waals surface area contributed by atoms with Gasteiger partial charge in [-0.1, -0.05) is 0 Å². The molecule has 0 spiro atoms. The Kier molecular flexibility index (Phi) is 6.75. The van der Waals surface area contributed by atoms with Gasteiger partial charge in [0.2, 0.25) is 5.91 Å². The van der Waals surface area contributed by atoms with Crippen molar-refractivity contribution in [3.8, 4) is 11.4 Å². The summed E-state index contributed by atoms with van der Waals surface area (Å²) in [5, 5.41) is 2.84. The van der Waals surface area contributed by atoms with Crippen molar-refractivity contribution in [3.63, 3.8) is 0 Å². The molecule has 32 heavy (non-hydrogen) atoms. The lowest BCUT2D eigenvalue weighted by atomic mass is 10.2. The Morgan fingerprint density at radius 1 is 1.16 bits per heavy atom. The topological polar surface area (TPSA) is 121 Å². The Morgan fingerprint density at radius 3 is 2.56 bits per heavy atom. The molecule has 170 valence electrons. The van der Waals surface area contributed by atoms with Gasteiger partial charge in [0.1, 0.15) is 11.6 Å². The number of nitrogens with zero attached hydrogens (tertiary/aromatic N) is 3. The van der Waals surface area contributed by atoms with Gasteiger partial charge < -0.3 is 19.4 Å². The highest BCUT2D eigenvalue weighted by Gasteiger charge is 2.18. The maximum absolute atomic E-state index is 12.2. The minimum absolute atomic E-state index is 0.0563. The predicted molar refractivity (Wildman–Crippen MR) is 124 cm³/mol. The minimum Gasteiger partial charge on any atom is -0.469 e. The molecule has 1 aliphatic heterocycles. The first-order chi connectivity index (χ1) is 15.4. The van der Waals surface area contributed by atoms with Gasteiger partial charge in [0.25, 0.3) is 0 Å². The van der Waals surface area contributed by atoms with Gasteiger partial charge in [0.05, 0.1) is 37.3 Å². The van der Waals surface area contributed by atoms with Crippen LogP contribution in [0, 0.1) is 0 Å². The number of nitrogens with one attached hydrogen (secondary N) is 1. The van der Waals surface area contributed by atoms with Crippen molar-refractivity contribution in [2.75, 3.05) is 42.8 Å². The van der Waals surface area contributed by atoms with Crippen LogP contribution < -0.4 is 10.2 Å².